The summed E-state index contributed by atoms with van der Waals surface area (Å²) in [5.74, 6) is 1.30. The van der Waals surface area contributed by atoms with E-state index in [1.165, 1.54) is 0 Å². The SMILES string of the molecule is C[C@H](N)c1ccc(N2CCN3C(=O)CCC3C2)nc1. The van der Waals surface area contributed by atoms with Crippen LogP contribution in [0.1, 0.15) is 31.4 Å². The van der Waals surface area contributed by atoms with Crippen molar-refractivity contribution in [1.82, 2.24) is 9.88 Å². The predicted octanol–water partition coefficient (Wildman–Crippen LogP) is 0.912. The molecule has 1 aromatic heterocycles. The number of anilines is 1. The molecule has 2 aliphatic rings. The predicted molar refractivity (Wildman–Crippen MR) is 73.8 cm³/mol. The Morgan fingerprint density at radius 2 is 2.26 bits per heavy atom. The molecule has 0 saturated carbocycles. The molecule has 5 heteroatoms. The Bertz CT molecular complexity index is 471. The molecule has 5 nitrogen and oxygen atoms in total. The Labute approximate surface area is 113 Å². The van der Waals surface area contributed by atoms with Gasteiger partial charge in [-0.2, -0.15) is 0 Å². The number of hydrogen-bond acceptors (Lipinski definition) is 4. The highest BCUT2D eigenvalue weighted by atomic mass is 16.2. The van der Waals surface area contributed by atoms with Crippen LogP contribution in [0.25, 0.3) is 0 Å². The highest BCUT2D eigenvalue weighted by molar-refractivity contribution is 5.79. The number of carbonyl (C=O) groups is 1. The van der Waals surface area contributed by atoms with Crippen molar-refractivity contribution in [3.05, 3.63) is 23.9 Å². The molecule has 0 spiro atoms. The monoisotopic (exact) mass is 260 g/mol. The molecule has 0 aliphatic carbocycles. The number of fused-ring (bicyclic) bond motifs is 1. The highest BCUT2D eigenvalue weighted by Gasteiger charge is 2.35. The van der Waals surface area contributed by atoms with Gasteiger partial charge in [-0.25, -0.2) is 4.98 Å². The van der Waals surface area contributed by atoms with Crippen LogP contribution in [-0.2, 0) is 4.79 Å². The normalized spacial score (nSPS) is 24.5. The van der Waals surface area contributed by atoms with Crippen LogP contribution in [0.2, 0.25) is 0 Å². The minimum atomic E-state index is 0.0193. The summed E-state index contributed by atoms with van der Waals surface area (Å²) in [6.45, 7) is 4.54. The van der Waals surface area contributed by atoms with E-state index in [1.807, 2.05) is 30.2 Å². The van der Waals surface area contributed by atoms with Crippen LogP contribution in [0.5, 0.6) is 0 Å². The molecule has 0 bridgehead atoms. The molecular formula is C14H20N4O. The van der Waals surface area contributed by atoms with Gasteiger partial charge in [0.1, 0.15) is 5.82 Å². The third kappa shape index (κ3) is 2.30. The zero-order valence-electron chi connectivity index (χ0n) is 11.2. The largest absolute Gasteiger partial charge is 0.353 e. The molecule has 2 aliphatic heterocycles. The summed E-state index contributed by atoms with van der Waals surface area (Å²) in [6, 6.07) is 4.46. The van der Waals surface area contributed by atoms with Crippen molar-refractivity contribution in [1.29, 1.82) is 0 Å². The molecule has 3 rings (SSSR count). The molecule has 2 N–H and O–H groups in total. The number of rotatable bonds is 2. The number of nitrogens with two attached hydrogens (primary N) is 1. The van der Waals surface area contributed by atoms with E-state index < -0.39 is 0 Å². The van der Waals surface area contributed by atoms with Crippen molar-refractivity contribution < 1.29 is 4.79 Å². The fourth-order valence-corrected chi connectivity index (χ4v) is 2.93. The number of nitrogens with zero attached hydrogens (tertiary/aromatic N) is 3. The minimum Gasteiger partial charge on any atom is -0.353 e. The Morgan fingerprint density at radius 3 is 2.95 bits per heavy atom. The van der Waals surface area contributed by atoms with Gasteiger partial charge >= 0.3 is 0 Å². The summed E-state index contributed by atoms with van der Waals surface area (Å²) in [5.41, 5.74) is 6.88. The Balaban J connectivity index is 1.71. The fourth-order valence-electron chi connectivity index (χ4n) is 2.93. The first-order valence-corrected chi connectivity index (χ1v) is 6.91. The smallest absolute Gasteiger partial charge is 0.223 e. The van der Waals surface area contributed by atoms with E-state index in [2.05, 4.69) is 9.88 Å². The van der Waals surface area contributed by atoms with Gasteiger partial charge in [0.2, 0.25) is 5.91 Å². The standard InChI is InChI=1S/C14H20N4O/c1-10(15)11-2-4-13(16-8-11)17-6-7-18-12(9-17)3-5-14(18)19/h2,4,8,10,12H,3,5-7,9,15H2,1H3/t10-,12?/m0/s1. The molecule has 2 atom stereocenters. The number of piperazine rings is 1. The lowest BCUT2D eigenvalue weighted by Gasteiger charge is -2.38. The second-order valence-electron chi connectivity index (χ2n) is 5.46. The lowest BCUT2D eigenvalue weighted by Crippen LogP contribution is -2.51. The summed E-state index contributed by atoms with van der Waals surface area (Å²) >= 11 is 0. The summed E-state index contributed by atoms with van der Waals surface area (Å²) in [5, 5.41) is 0. The van der Waals surface area contributed by atoms with Gasteiger partial charge < -0.3 is 15.5 Å². The molecule has 102 valence electrons. The van der Waals surface area contributed by atoms with Gasteiger partial charge in [0.15, 0.2) is 0 Å². The molecular weight excluding hydrogens is 240 g/mol. The van der Waals surface area contributed by atoms with Gasteiger partial charge in [0, 0.05) is 44.3 Å². The van der Waals surface area contributed by atoms with E-state index in [-0.39, 0.29) is 6.04 Å². The van der Waals surface area contributed by atoms with Crippen molar-refractivity contribution in [2.45, 2.75) is 31.8 Å². The molecule has 1 amide bonds. The van der Waals surface area contributed by atoms with E-state index >= 15 is 0 Å². The number of carbonyl (C=O) groups excluding carboxylic acids is 1. The maximum absolute atomic E-state index is 11.6. The van der Waals surface area contributed by atoms with Crippen LogP contribution >= 0.6 is 0 Å². The summed E-state index contributed by atoms with van der Waals surface area (Å²) in [6.07, 6.45) is 3.54. The van der Waals surface area contributed by atoms with E-state index in [0.717, 1.165) is 37.4 Å². The van der Waals surface area contributed by atoms with E-state index in [4.69, 9.17) is 5.73 Å². The summed E-state index contributed by atoms with van der Waals surface area (Å²) in [4.78, 5) is 20.4. The third-order valence-electron chi connectivity index (χ3n) is 4.12. The number of aromatic nitrogens is 1. The highest BCUT2D eigenvalue weighted by Crippen LogP contribution is 2.25. The molecule has 0 aromatic carbocycles. The number of pyridine rings is 1. The Hall–Kier alpha value is -1.62. The molecule has 0 radical (unpaired) electrons. The van der Waals surface area contributed by atoms with Crippen molar-refractivity contribution in [2.24, 2.45) is 5.73 Å². The van der Waals surface area contributed by atoms with Gasteiger partial charge in [-0.1, -0.05) is 6.07 Å². The molecule has 1 aromatic rings. The number of amides is 1. The molecule has 2 fully saturated rings. The first kappa shape index (κ1) is 12.4. The van der Waals surface area contributed by atoms with E-state index in [0.29, 0.717) is 18.4 Å². The average Bonchev–Trinajstić information content (AvgIpc) is 2.80. The van der Waals surface area contributed by atoms with E-state index in [1.54, 1.807) is 0 Å². The topological polar surface area (TPSA) is 62.5 Å². The van der Waals surface area contributed by atoms with Gasteiger partial charge in [-0.15, -0.1) is 0 Å². The second-order valence-corrected chi connectivity index (χ2v) is 5.46. The molecule has 2 saturated heterocycles. The maximum atomic E-state index is 11.6. The van der Waals surface area contributed by atoms with Gasteiger partial charge in [-0.3, -0.25) is 4.79 Å². The van der Waals surface area contributed by atoms with Gasteiger partial charge in [0.05, 0.1) is 0 Å². The average molecular weight is 260 g/mol. The third-order valence-corrected chi connectivity index (χ3v) is 4.12. The lowest BCUT2D eigenvalue weighted by molar-refractivity contribution is -0.129. The second kappa shape index (κ2) is 4.81. The van der Waals surface area contributed by atoms with Crippen molar-refractivity contribution in [3.63, 3.8) is 0 Å². The first-order chi connectivity index (χ1) is 9.15. The summed E-state index contributed by atoms with van der Waals surface area (Å²) < 4.78 is 0. The molecule has 19 heavy (non-hydrogen) atoms. The molecule has 1 unspecified atom stereocenters. The van der Waals surface area contributed by atoms with Gasteiger partial charge in [-0.05, 0) is 25.0 Å². The maximum Gasteiger partial charge on any atom is 0.223 e. The van der Waals surface area contributed by atoms with Crippen LogP contribution < -0.4 is 10.6 Å². The van der Waals surface area contributed by atoms with Gasteiger partial charge in [0.25, 0.3) is 0 Å². The first-order valence-electron chi connectivity index (χ1n) is 6.91. The lowest BCUT2D eigenvalue weighted by atomic mass is 10.1. The quantitative estimate of drug-likeness (QED) is 0.858. The van der Waals surface area contributed by atoms with Crippen LogP contribution in [0.15, 0.2) is 18.3 Å². The zero-order valence-corrected chi connectivity index (χ0v) is 11.2. The molecule has 3 heterocycles. The number of hydrogen-bond donors (Lipinski definition) is 1. The van der Waals surface area contributed by atoms with Crippen LogP contribution in [0, 0.1) is 0 Å². The Morgan fingerprint density at radius 1 is 1.42 bits per heavy atom. The fraction of sp³-hybridized carbons (Fsp3) is 0.571. The van der Waals surface area contributed by atoms with Crippen LogP contribution in [0.4, 0.5) is 5.82 Å². The Kier molecular flexibility index (Phi) is 3.14. The minimum absolute atomic E-state index is 0.0193. The van der Waals surface area contributed by atoms with E-state index in [9.17, 15) is 4.79 Å². The van der Waals surface area contributed by atoms with Crippen LogP contribution in [0.3, 0.4) is 0 Å². The summed E-state index contributed by atoms with van der Waals surface area (Å²) in [7, 11) is 0. The van der Waals surface area contributed by atoms with Crippen molar-refractivity contribution in [3.8, 4) is 0 Å². The van der Waals surface area contributed by atoms with Crippen molar-refractivity contribution >= 4 is 11.7 Å². The zero-order chi connectivity index (χ0) is 13.4. The van der Waals surface area contributed by atoms with Crippen LogP contribution in [-0.4, -0.2) is 41.5 Å². The van der Waals surface area contributed by atoms with Crippen molar-refractivity contribution in [2.75, 3.05) is 24.5 Å².